The van der Waals surface area contributed by atoms with Gasteiger partial charge >= 0.3 is 0 Å². The van der Waals surface area contributed by atoms with Gasteiger partial charge in [-0.1, -0.05) is 0 Å². The minimum atomic E-state index is -3.62. The maximum Gasteiger partial charge on any atom is 0.241 e. The van der Waals surface area contributed by atoms with Gasteiger partial charge in [-0.3, -0.25) is 0 Å². The summed E-state index contributed by atoms with van der Waals surface area (Å²) < 4.78 is 32.0. The summed E-state index contributed by atoms with van der Waals surface area (Å²) >= 11 is 0. The molecule has 0 aliphatic carbocycles. The molecule has 0 atom stereocenters. The van der Waals surface area contributed by atoms with E-state index >= 15 is 0 Å². The van der Waals surface area contributed by atoms with Gasteiger partial charge in [-0.15, -0.1) is 0 Å². The molecule has 2 heterocycles. The van der Waals surface area contributed by atoms with Crippen LogP contribution in [0.1, 0.15) is 17.3 Å². The van der Waals surface area contributed by atoms with Crippen molar-refractivity contribution in [1.29, 1.82) is 0 Å². The molecule has 2 aromatic rings. The summed E-state index contributed by atoms with van der Waals surface area (Å²) in [6.07, 6.45) is 1.43. The first-order valence-electron chi connectivity index (χ1n) is 5.99. The van der Waals surface area contributed by atoms with Crippen LogP contribution in [0.25, 0.3) is 0 Å². The zero-order chi connectivity index (χ0) is 14.8. The molecule has 20 heavy (non-hydrogen) atoms. The number of nitrogens with zero attached hydrogens (tertiary/aromatic N) is 2. The van der Waals surface area contributed by atoms with E-state index in [1.807, 2.05) is 0 Å². The van der Waals surface area contributed by atoms with Gasteiger partial charge in [0.1, 0.15) is 11.6 Å². The van der Waals surface area contributed by atoms with E-state index in [1.54, 1.807) is 20.9 Å². The third-order valence-electron chi connectivity index (χ3n) is 2.78. The van der Waals surface area contributed by atoms with Crippen molar-refractivity contribution in [2.45, 2.75) is 25.3 Å². The first-order chi connectivity index (χ1) is 9.42. The second-order valence-electron chi connectivity index (χ2n) is 4.20. The molecule has 0 unspecified atom stereocenters. The van der Waals surface area contributed by atoms with Crippen LogP contribution >= 0.6 is 0 Å². The Morgan fingerprint density at radius 3 is 2.70 bits per heavy atom. The highest BCUT2D eigenvalue weighted by Gasteiger charge is 2.16. The summed E-state index contributed by atoms with van der Waals surface area (Å²) in [5, 5.41) is 2.79. The first kappa shape index (κ1) is 14.5. The number of rotatable bonds is 5. The lowest BCUT2D eigenvalue weighted by Gasteiger charge is -2.06. The molecular formula is C12H16N4O3S. The van der Waals surface area contributed by atoms with Crippen molar-refractivity contribution in [1.82, 2.24) is 14.7 Å². The quantitative estimate of drug-likeness (QED) is 0.860. The second kappa shape index (κ2) is 5.59. The largest absolute Gasteiger partial charge is 0.444 e. The molecular weight excluding hydrogens is 280 g/mol. The van der Waals surface area contributed by atoms with E-state index in [1.165, 1.54) is 18.3 Å². The molecule has 0 radical (unpaired) electrons. The van der Waals surface area contributed by atoms with Gasteiger partial charge in [0.2, 0.25) is 15.9 Å². The zero-order valence-electron chi connectivity index (χ0n) is 11.5. The predicted octanol–water partition coefficient (Wildman–Crippen LogP) is 1.21. The average Bonchev–Trinajstić information content (AvgIpc) is 2.76. The third-order valence-corrected chi connectivity index (χ3v) is 4.18. The Kier molecular flexibility index (Phi) is 4.05. The number of oxazole rings is 1. The van der Waals surface area contributed by atoms with E-state index in [2.05, 4.69) is 20.0 Å². The summed E-state index contributed by atoms with van der Waals surface area (Å²) in [7, 11) is -1.95. The summed E-state index contributed by atoms with van der Waals surface area (Å²) in [6, 6.07) is 2.88. The molecule has 2 N–H and O–H groups in total. The average molecular weight is 296 g/mol. The zero-order valence-corrected chi connectivity index (χ0v) is 12.3. The van der Waals surface area contributed by atoms with Gasteiger partial charge in [-0.05, 0) is 19.9 Å². The normalized spacial score (nSPS) is 11.6. The Morgan fingerprint density at radius 2 is 2.10 bits per heavy atom. The van der Waals surface area contributed by atoms with Crippen LogP contribution in [0.15, 0.2) is 27.6 Å². The van der Waals surface area contributed by atoms with Gasteiger partial charge in [0, 0.05) is 19.3 Å². The van der Waals surface area contributed by atoms with Crippen LogP contribution in [0.2, 0.25) is 0 Å². The van der Waals surface area contributed by atoms with Crippen molar-refractivity contribution in [3.05, 3.63) is 35.7 Å². The third kappa shape index (κ3) is 3.14. The number of sulfonamides is 1. The Bertz CT molecular complexity index is 690. The van der Waals surface area contributed by atoms with E-state index in [4.69, 9.17) is 4.42 Å². The SMILES string of the molecule is CNc1cc(S(=O)(=O)NCc2nc(C)c(C)o2)ccn1. The Labute approximate surface area is 117 Å². The second-order valence-corrected chi connectivity index (χ2v) is 5.97. The lowest BCUT2D eigenvalue weighted by atomic mass is 10.4. The summed E-state index contributed by atoms with van der Waals surface area (Å²) in [5.74, 6) is 1.50. The maximum absolute atomic E-state index is 12.1. The molecule has 2 rings (SSSR count). The van der Waals surface area contributed by atoms with Crippen LogP contribution in [0.5, 0.6) is 0 Å². The van der Waals surface area contributed by atoms with Gasteiger partial charge in [-0.25, -0.2) is 23.1 Å². The van der Waals surface area contributed by atoms with Gasteiger partial charge < -0.3 is 9.73 Å². The number of hydrogen-bond acceptors (Lipinski definition) is 6. The maximum atomic E-state index is 12.1. The lowest BCUT2D eigenvalue weighted by Crippen LogP contribution is -2.23. The van der Waals surface area contributed by atoms with Crippen LogP contribution in [0, 0.1) is 13.8 Å². The minimum absolute atomic E-state index is 0.00816. The van der Waals surface area contributed by atoms with Crippen LogP contribution in [0.3, 0.4) is 0 Å². The molecule has 0 saturated heterocycles. The van der Waals surface area contributed by atoms with Gasteiger partial charge in [0.15, 0.2) is 0 Å². The number of pyridine rings is 1. The molecule has 0 aliphatic rings. The van der Waals surface area contributed by atoms with Crippen LogP contribution in [-0.4, -0.2) is 25.4 Å². The summed E-state index contributed by atoms with van der Waals surface area (Å²) in [4.78, 5) is 8.23. The predicted molar refractivity (Wildman–Crippen MR) is 73.8 cm³/mol. The number of nitrogens with one attached hydrogen (secondary N) is 2. The van der Waals surface area contributed by atoms with E-state index < -0.39 is 10.0 Å². The molecule has 8 heteroatoms. The van der Waals surface area contributed by atoms with E-state index in [-0.39, 0.29) is 11.4 Å². The van der Waals surface area contributed by atoms with Crippen molar-refractivity contribution in [2.24, 2.45) is 0 Å². The molecule has 0 spiro atoms. The van der Waals surface area contributed by atoms with Crippen LogP contribution in [-0.2, 0) is 16.6 Å². The van der Waals surface area contributed by atoms with E-state index in [0.29, 0.717) is 17.5 Å². The van der Waals surface area contributed by atoms with Gasteiger partial charge in [-0.2, -0.15) is 0 Å². The van der Waals surface area contributed by atoms with E-state index in [0.717, 1.165) is 5.69 Å². The fourth-order valence-corrected chi connectivity index (χ4v) is 2.56. The Morgan fingerprint density at radius 1 is 1.35 bits per heavy atom. The smallest absolute Gasteiger partial charge is 0.241 e. The van der Waals surface area contributed by atoms with Gasteiger partial charge in [0.25, 0.3) is 0 Å². The lowest BCUT2D eigenvalue weighted by molar-refractivity contribution is 0.463. The van der Waals surface area contributed by atoms with Gasteiger partial charge in [0.05, 0.1) is 17.1 Å². The van der Waals surface area contributed by atoms with Crippen molar-refractivity contribution >= 4 is 15.8 Å². The van der Waals surface area contributed by atoms with Crippen LogP contribution in [0.4, 0.5) is 5.82 Å². The molecule has 7 nitrogen and oxygen atoms in total. The molecule has 108 valence electrons. The monoisotopic (exact) mass is 296 g/mol. The van der Waals surface area contributed by atoms with Crippen molar-refractivity contribution in [3.8, 4) is 0 Å². The minimum Gasteiger partial charge on any atom is -0.444 e. The highest BCUT2D eigenvalue weighted by Crippen LogP contribution is 2.13. The molecule has 0 bridgehead atoms. The van der Waals surface area contributed by atoms with Crippen molar-refractivity contribution in [3.63, 3.8) is 0 Å². The van der Waals surface area contributed by atoms with Crippen molar-refractivity contribution in [2.75, 3.05) is 12.4 Å². The highest BCUT2D eigenvalue weighted by molar-refractivity contribution is 7.89. The Balaban J connectivity index is 2.14. The van der Waals surface area contributed by atoms with Crippen molar-refractivity contribution < 1.29 is 12.8 Å². The fraction of sp³-hybridized carbons (Fsp3) is 0.333. The number of hydrogen-bond donors (Lipinski definition) is 2. The number of aryl methyl sites for hydroxylation is 2. The summed E-state index contributed by atoms with van der Waals surface area (Å²) in [5.41, 5.74) is 0.751. The molecule has 0 aromatic carbocycles. The number of anilines is 1. The topological polar surface area (TPSA) is 97.1 Å². The van der Waals surface area contributed by atoms with Crippen LogP contribution < -0.4 is 10.0 Å². The molecule has 2 aromatic heterocycles. The molecule has 0 saturated carbocycles. The standard InChI is InChI=1S/C12H16N4O3S/c1-8-9(2)19-12(16-8)7-15-20(17,18)10-4-5-14-11(6-10)13-3/h4-6,15H,7H2,1-3H3,(H,13,14). The molecule has 0 aliphatic heterocycles. The van der Waals surface area contributed by atoms with E-state index in [9.17, 15) is 8.42 Å². The highest BCUT2D eigenvalue weighted by atomic mass is 32.2. The first-order valence-corrected chi connectivity index (χ1v) is 7.47. The fourth-order valence-electron chi connectivity index (χ4n) is 1.57. The Hall–Kier alpha value is -1.93. The summed E-state index contributed by atoms with van der Waals surface area (Å²) in [6.45, 7) is 3.59. The molecule has 0 fully saturated rings. The molecule has 0 amide bonds. The number of aromatic nitrogens is 2.